The van der Waals surface area contributed by atoms with E-state index < -0.39 is 5.97 Å². The zero-order valence-electron chi connectivity index (χ0n) is 11.2. The number of benzene rings is 1. The topological polar surface area (TPSA) is 77.0 Å². The van der Waals surface area contributed by atoms with Crippen LogP contribution in [-0.4, -0.2) is 31.5 Å². The summed E-state index contributed by atoms with van der Waals surface area (Å²) in [4.78, 5) is 11.1. The standard InChI is InChI=1S/C14H17NO5/c1-18-6-8-2-3-11-13(20-7-19-11)12(8)10-4-9(5-15-10)14(16)17/h2-3,9-10,15H,4-7H2,1H3,(H,16,17). The van der Waals surface area contributed by atoms with Gasteiger partial charge in [0.15, 0.2) is 11.5 Å². The van der Waals surface area contributed by atoms with Crippen LogP contribution in [0.2, 0.25) is 0 Å². The number of aliphatic carboxylic acids is 1. The molecule has 0 radical (unpaired) electrons. The molecule has 20 heavy (non-hydrogen) atoms. The summed E-state index contributed by atoms with van der Waals surface area (Å²) in [7, 11) is 1.64. The molecule has 0 spiro atoms. The maximum atomic E-state index is 11.1. The molecule has 2 unspecified atom stereocenters. The lowest BCUT2D eigenvalue weighted by molar-refractivity contribution is -0.141. The van der Waals surface area contributed by atoms with Gasteiger partial charge < -0.3 is 24.6 Å². The minimum Gasteiger partial charge on any atom is -0.481 e. The fraction of sp³-hybridized carbons (Fsp3) is 0.500. The average Bonchev–Trinajstić information content (AvgIpc) is 3.07. The Morgan fingerprint density at radius 3 is 3.05 bits per heavy atom. The third kappa shape index (κ3) is 2.21. The van der Waals surface area contributed by atoms with Gasteiger partial charge in [0.25, 0.3) is 0 Å². The zero-order valence-corrected chi connectivity index (χ0v) is 11.2. The minimum absolute atomic E-state index is 0.0436. The molecule has 0 bridgehead atoms. The maximum Gasteiger partial charge on any atom is 0.307 e. The third-order valence-electron chi connectivity index (χ3n) is 3.80. The number of hydrogen-bond acceptors (Lipinski definition) is 5. The van der Waals surface area contributed by atoms with Crippen molar-refractivity contribution in [3.05, 3.63) is 23.3 Å². The Morgan fingerprint density at radius 1 is 1.50 bits per heavy atom. The molecule has 1 fully saturated rings. The molecule has 0 saturated carbocycles. The number of rotatable bonds is 4. The fourth-order valence-corrected chi connectivity index (χ4v) is 2.84. The summed E-state index contributed by atoms with van der Waals surface area (Å²) in [5.41, 5.74) is 1.96. The molecular formula is C14H17NO5. The molecule has 6 heteroatoms. The summed E-state index contributed by atoms with van der Waals surface area (Å²) in [6, 6.07) is 3.77. The molecular weight excluding hydrogens is 262 g/mol. The first-order valence-corrected chi connectivity index (χ1v) is 6.57. The van der Waals surface area contributed by atoms with Gasteiger partial charge in [-0.15, -0.1) is 0 Å². The Labute approximate surface area is 116 Å². The number of ether oxygens (including phenoxy) is 3. The molecule has 2 aliphatic heterocycles. The van der Waals surface area contributed by atoms with Crippen molar-refractivity contribution in [2.24, 2.45) is 5.92 Å². The van der Waals surface area contributed by atoms with Gasteiger partial charge in [0.1, 0.15) is 0 Å². The summed E-state index contributed by atoms with van der Waals surface area (Å²) in [6.07, 6.45) is 0.547. The fourth-order valence-electron chi connectivity index (χ4n) is 2.84. The number of fused-ring (bicyclic) bond motifs is 1. The zero-order chi connectivity index (χ0) is 14.1. The number of carboxylic acids is 1. The summed E-state index contributed by atoms with van der Waals surface area (Å²) < 4.78 is 16.2. The lowest BCUT2D eigenvalue weighted by Crippen LogP contribution is -2.18. The second-order valence-corrected chi connectivity index (χ2v) is 5.04. The third-order valence-corrected chi connectivity index (χ3v) is 3.80. The van der Waals surface area contributed by atoms with Crippen LogP contribution < -0.4 is 14.8 Å². The van der Waals surface area contributed by atoms with Gasteiger partial charge in [-0.3, -0.25) is 4.79 Å². The van der Waals surface area contributed by atoms with Gasteiger partial charge in [0.2, 0.25) is 6.79 Å². The van der Waals surface area contributed by atoms with Crippen molar-refractivity contribution >= 4 is 5.97 Å². The molecule has 6 nitrogen and oxygen atoms in total. The highest BCUT2D eigenvalue weighted by atomic mass is 16.7. The molecule has 0 aromatic heterocycles. The van der Waals surface area contributed by atoms with Crippen LogP contribution in [0.5, 0.6) is 11.5 Å². The predicted octanol–water partition coefficient (Wildman–Crippen LogP) is 1.30. The van der Waals surface area contributed by atoms with E-state index in [9.17, 15) is 4.79 Å². The van der Waals surface area contributed by atoms with Crippen molar-refractivity contribution in [3.8, 4) is 11.5 Å². The van der Waals surface area contributed by atoms with Crippen LogP contribution in [0, 0.1) is 5.92 Å². The molecule has 1 aromatic rings. The van der Waals surface area contributed by atoms with Crippen LogP contribution in [0.15, 0.2) is 12.1 Å². The van der Waals surface area contributed by atoms with Gasteiger partial charge in [0, 0.05) is 25.3 Å². The highest BCUT2D eigenvalue weighted by Gasteiger charge is 2.35. The monoisotopic (exact) mass is 279 g/mol. The lowest BCUT2D eigenvalue weighted by atomic mass is 9.95. The molecule has 108 valence electrons. The van der Waals surface area contributed by atoms with E-state index in [-0.39, 0.29) is 18.8 Å². The predicted molar refractivity (Wildman–Crippen MR) is 69.8 cm³/mol. The van der Waals surface area contributed by atoms with Crippen LogP contribution in [0.1, 0.15) is 23.6 Å². The van der Waals surface area contributed by atoms with Gasteiger partial charge >= 0.3 is 5.97 Å². The van der Waals surface area contributed by atoms with Crippen LogP contribution in [0.3, 0.4) is 0 Å². The van der Waals surface area contributed by atoms with Crippen LogP contribution in [-0.2, 0) is 16.1 Å². The normalized spacial score (nSPS) is 24.1. The van der Waals surface area contributed by atoms with E-state index in [4.69, 9.17) is 19.3 Å². The molecule has 2 heterocycles. The molecule has 3 rings (SSSR count). The SMILES string of the molecule is COCc1ccc2c(c1C1CC(C(=O)O)CN1)OCO2. The molecule has 2 aliphatic rings. The van der Waals surface area contributed by atoms with Gasteiger partial charge in [-0.25, -0.2) is 0 Å². The van der Waals surface area contributed by atoms with E-state index in [0.29, 0.717) is 31.1 Å². The molecule has 1 saturated heterocycles. The van der Waals surface area contributed by atoms with Crippen LogP contribution in [0.4, 0.5) is 0 Å². The summed E-state index contributed by atoms with van der Waals surface area (Å²) in [5.74, 6) is 0.287. The van der Waals surface area contributed by atoms with Crippen molar-refractivity contribution in [1.82, 2.24) is 5.32 Å². The Kier molecular flexibility index (Phi) is 3.50. The molecule has 1 aromatic carbocycles. The van der Waals surface area contributed by atoms with E-state index in [1.54, 1.807) is 7.11 Å². The molecule has 2 N–H and O–H groups in total. The highest BCUT2D eigenvalue weighted by molar-refractivity contribution is 5.71. The number of carbonyl (C=O) groups is 1. The maximum absolute atomic E-state index is 11.1. The van der Waals surface area contributed by atoms with Gasteiger partial charge in [0.05, 0.1) is 12.5 Å². The first-order chi connectivity index (χ1) is 9.70. The van der Waals surface area contributed by atoms with Crippen molar-refractivity contribution in [2.75, 3.05) is 20.4 Å². The smallest absolute Gasteiger partial charge is 0.307 e. The summed E-state index contributed by atoms with van der Waals surface area (Å²) in [5, 5.41) is 12.4. The van der Waals surface area contributed by atoms with Crippen molar-refractivity contribution < 1.29 is 24.1 Å². The first-order valence-electron chi connectivity index (χ1n) is 6.57. The van der Waals surface area contributed by atoms with Crippen molar-refractivity contribution in [1.29, 1.82) is 0 Å². The quantitative estimate of drug-likeness (QED) is 0.865. The van der Waals surface area contributed by atoms with E-state index in [1.165, 1.54) is 0 Å². The second-order valence-electron chi connectivity index (χ2n) is 5.04. The summed E-state index contributed by atoms with van der Waals surface area (Å²) in [6.45, 7) is 1.13. The van der Waals surface area contributed by atoms with Gasteiger partial charge in [-0.1, -0.05) is 6.07 Å². The first kappa shape index (κ1) is 13.2. The number of methoxy groups -OCH3 is 1. The molecule has 0 amide bonds. The van der Waals surface area contributed by atoms with Gasteiger partial charge in [-0.05, 0) is 18.1 Å². The molecule has 0 aliphatic carbocycles. The number of hydrogen-bond donors (Lipinski definition) is 2. The lowest BCUT2D eigenvalue weighted by Gasteiger charge is -2.18. The average molecular weight is 279 g/mol. The number of nitrogens with one attached hydrogen (secondary N) is 1. The van der Waals surface area contributed by atoms with E-state index in [2.05, 4.69) is 5.32 Å². The number of carboxylic acid groups (broad SMARTS) is 1. The highest BCUT2D eigenvalue weighted by Crippen LogP contribution is 2.43. The van der Waals surface area contributed by atoms with Crippen LogP contribution >= 0.6 is 0 Å². The Morgan fingerprint density at radius 2 is 2.35 bits per heavy atom. The Hall–Kier alpha value is -1.79. The van der Waals surface area contributed by atoms with E-state index in [0.717, 1.165) is 11.1 Å². The largest absolute Gasteiger partial charge is 0.481 e. The van der Waals surface area contributed by atoms with Gasteiger partial charge in [-0.2, -0.15) is 0 Å². The van der Waals surface area contributed by atoms with Crippen molar-refractivity contribution in [3.63, 3.8) is 0 Å². The van der Waals surface area contributed by atoms with E-state index >= 15 is 0 Å². The van der Waals surface area contributed by atoms with E-state index in [1.807, 2.05) is 12.1 Å². The van der Waals surface area contributed by atoms with Crippen LogP contribution in [0.25, 0.3) is 0 Å². The molecule has 2 atom stereocenters. The summed E-state index contributed by atoms with van der Waals surface area (Å²) >= 11 is 0. The second kappa shape index (κ2) is 5.30. The Bertz CT molecular complexity index is 531. The van der Waals surface area contributed by atoms with Crippen molar-refractivity contribution in [2.45, 2.75) is 19.1 Å². The Balaban J connectivity index is 1.95. The minimum atomic E-state index is -0.766.